The van der Waals surface area contributed by atoms with E-state index in [1.807, 2.05) is 42.5 Å². The SMILES string of the molecule is CC1CN(Cc2ccc(-n3c(-c4cccnc4N)nc4ccc(-c5ccccc5)nc43)cc2)CCN1. The molecular weight excluding hydrogens is 446 g/mol. The molecule has 1 saturated heterocycles. The van der Waals surface area contributed by atoms with Gasteiger partial charge in [-0.25, -0.2) is 15.0 Å². The first kappa shape index (κ1) is 22.4. The van der Waals surface area contributed by atoms with Gasteiger partial charge in [-0.3, -0.25) is 9.47 Å². The minimum atomic E-state index is 0.446. The minimum absolute atomic E-state index is 0.446. The molecule has 1 aliphatic heterocycles. The molecular formula is C29H29N7. The molecule has 7 nitrogen and oxygen atoms in total. The molecule has 5 aromatic rings. The van der Waals surface area contributed by atoms with Crippen molar-refractivity contribution < 1.29 is 0 Å². The van der Waals surface area contributed by atoms with Gasteiger partial charge < -0.3 is 11.1 Å². The van der Waals surface area contributed by atoms with E-state index in [0.717, 1.165) is 65.7 Å². The quantitative estimate of drug-likeness (QED) is 0.389. The first-order valence-corrected chi connectivity index (χ1v) is 12.4. The Balaban J connectivity index is 1.44. The molecule has 0 radical (unpaired) electrons. The number of aromatic nitrogens is 4. The van der Waals surface area contributed by atoms with Crippen LogP contribution in [0.3, 0.4) is 0 Å². The van der Waals surface area contributed by atoms with Gasteiger partial charge in [0, 0.05) is 49.7 Å². The van der Waals surface area contributed by atoms with Crippen molar-refractivity contribution in [2.24, 2.45) is 0 Å². The van der Waals surface area contributed by atoms with Crippen molar-refractivity contribution >= 4 is 17.0 Å². The Bertz CT molecular complexity index is 1490. The van der Waals surface area contributed by atoms with E-state index in [0.29, 0.717) is 11.9 Å². The highest BCUT2D eigenvalue weighted by Crippen LogP contribution is 2.31. The van der Waals surface area contributed by atoms with Crippen molar-refractivity contribution in [1.82, 2.24) is 29.7 Å². The molecule has 0 bridgehead atoms. The molecule has 0 amide bonds. The first-order valence-electron chi connectivity index (χ1n) is 12.4. The molecule has 2 aromatic carbocycles. The molecule has 0 saturated carbocycles. The molecule has 3 aromatic heterocycles. The highest BCUT2D eigenvalue weighted by Gasteiger charge is 2.19. The van der Waals surface area contributed by atoms with Crippen LogP contribution in [0.5, 0.6) is 0 Å². The van der Waals surface area contributed by atoms with Gasteiger partial charge in [-0.1, -0.05) is 42.5 Å². The Kier molecular flexibility index (Phi) is 5.93. The molecule has 1 fully saturated rings. The van der Waals surface area contributed by atoms with Crippen LogP contribution in [-0.2, 0) is 6.54 Å². The average molecular weight is 476 g/mol. The second kappa shape index (κ2) is 9.53. The normalized spacial score (nSPS) is 16.4. The summed E-state index contributed by atoms with van der Waals surface area (Å²) in [7, 11) is 0. The van der Waals surface area contributed by atoms with Crippen LogP contribution in [0.25, 0.3) is 39.5 Å². The molecule has 0 aliphatic carbocycles. The minimum Gasteiger partial charge on any atom is -0.383 e. The van der Waals surface area contributed by atoms with Gasteiger partial charge in [-0.15, -0.1) is 0 Å². The van der Waals surface area contributed by atoms with Gasteiger partial charge in [0.1, 0.15) is 11.3 Å². The molecule has 1 aliphatic rings. The number of benzene rings is 2. The van der Waals surface area contributed by atoms with E-state index in [4.69, 9.17) is 15.7 Å². The number of nitrogens with one attached hydrogen (secondary N) is 1. The summed E-state index contributed by atoms with van der Waals surface area (Å²) in [6.45, 7) is 6.34. The summed E-state index contributed by atoms with van der Waals surface area (Å²) in [5.74, 6) is 1.18. The monoisotopic (exact) mass is 475 g/mol. The molecule has 0 spiro atoms. The van der Waals surface area contributed by atoms with E-state index in [2.05, 4.69) is 63.1 Å². The second-order valence-electron chi connectivity index (χ2n) is 9.37. The molecule has 1 unspecified atom stereocenters. The molecule has 36 heavy (non-hydrogen) atoms. The predicted octanol–water partition coefficient (Wildman–Crippen LogP) is 4.53. The highest BCUT2D eigenvalue weighted by atomic mass is 15.2. The lowest BCUT2D eigenvalue weighted by molar-refractivity contribution is 0.199. The summed E-state index contributed by atoms with van der Waals surface area (Å²) in [5, 5.41) is 3.51. The molecule has 4 heterocycles. The van der Waals surface area contributed by atoms with Gasteiger partial charge in [-0.05, 0) is 48.9 Å². The van der Waals surface area contributed by atoms with E-state index in [1.165, 1.54) is 5.56 Å². The van der Waals surface area contributed by atoms with Gasteiger partial charge in [0.15, 0.2) is 11.5 Å². The van der Waals surface area contributed by atoms with Crippen LogP contribution in [0.2, 0.25) is 0 Å². The lowest BCUT2D eigenvalue weighted by atomic mass is 10.1. The fourth-order valence-electron chi connectivity index (χ4n) is 4.92. The zero-order valence-corrected chi connectivity index (χ0v) is 20.3. The van der Waals surface area contributed by atoms with E-state index in [1.54, 1.807) is 6.20 Å². The van der Waals surface area contributed by atoms with Crippen LogP contribution in [0.1, 0.15) is 12.5 Å². The van der Waals surface area contributed by atoms with E-state index < -0.39 is 0 Å². The van der Waals surface area contributed by atoms with Crippen LogP contribution >= 0.6 is 0 Å². The number of rotatable bonds is 5. The fraction of sp³-hybridized carbons (Fsp3) is 0.207. The number of fused-ring (bicyclic) bond motifs is 1. The Morgan fingerprint density at radius 1 is 0.944 bits per heavy atom. The third-order valence-electron chi connectivity index (χ3n) is 6.71. The Morgan fingerprint density at radius 2 is 1.78 bits per heavy atom. The summed E-state index contributed by atoms with van der Waals surface area (Å²) in [4.78, 5) is 16.8. The fourth-order valence-corrected chi connectivity index (χ4v) is 4.92. The highest BCUT2D eigenvalue weighted by molar-refractivity contribution is 5.84. The predicted molar refractivity (Wildman–Crippen MR) is 145 cm³/mol. The number of imidazole rings is 1. The summed E-state index contributed by atoms with van der Waals surface area (Å²) in [6.07, 6.45) is 1.70. The zero-order valence-electron chi connectivity index (χ0n) is 20.3. The number of pyridine rings is 2. The van der Waals surface area contributed by atoms with Crippen LogP contribution in [-0.4, -0.2) is 50.1 Å². The lowest BCUT2D eigenvalue weighted by Crippen LogP contribution is -2.48. The maximum atomic E-state index is 6.29. The van der Waals surface area contributed by atoms with Crippen molar-refractivity contribution in [3.05, 3.63) is 90.6 Å². The van der Waals surface area contributed by atoms with Crippen molar-refractivity contribution in [3.8, 4) is 28.3 Å². The van der Waals surface area contributed by atoms with Crippen molar-refractivity contribution in [3.63, 3.8) is 0 Å². The van der Waals surface area contributed by atoms with Gasteiger partial charge in [0.05, 0.1) is 11.3 Å². The molecule has 1 atom stereocenters. The number of nitrogens with two attached hydrogens (primary N) is 1. The molecule has 7 heteroatoms. The topological polar surface area (TPSA) is 84.9 Å². The Morgan fingerprint density at radius 3 is 2.56 bits per heavy atom. The number of hydrogen-bond acceptors (Lipinski definition) is 6. The summed E-state index contributed by atoms with van der Waals surface area (Å²) >= 11 is 0. The van der Waals surface area contributed by atoms with Crippen LogP contribution in [0, 0.1) is 0 Å². The van der Waals surface area contributed by atoms with Crippen LogP contribution in [0.15, 0.2) is 85.1 Å². The maximum absolute atomic E-state index is 6.29. The van der Waals surface area contributed by atoms with E-state index in [9.17, 15) is 0 Å². The summed E-state index contributed by atoms with van der Waals surface area (Å²) in [6, 6.07) is 27.3. The number of nitrogen functional groups attached to an aromatic ring is 1. The van der Waals surface area contributed by atoms with E-state index in [-0.39, 0.29) is 0 Å². The lowest BCUT2D eigenvalue weighted by Gasteiger charge is -2.31. The van der Waals surface area contributed by atoms with Gasteiger partial charge in [0.25, 0.3) is 0 Å². The number of anilines is 1. The van der Waals surface area contributed by atoms with Gasteiger partial charge in [-0.2, -0.15) is 0 Å². The Labute approximate surface area is 210 Å². The van der Waals surface area contributed by atoms with Crippen molar-refractivity contribution in [2.75, 3.05) is 25.4 Å². The van der Waals surface area contributed by atoms with Crippen molar-refractivity contribution in [2.45, 2.75) is 19.5 Å². The summed E-state index contributed by atoms with van der Waals surface area (Å²) < 4.78 is 2.09. The van der Waals surface area contributed by atoms with Crippen LogP contribution in [0.4, 0.5) is 5.82 Å². The molecule has 180 valence electrons. The standard InChI is InChI=1S/C29H29N7/c1-20-18-35(17-16-31-20)19-21-9-11-23(12-10-21)36-28(24-8-5-15-32-27(24)30)34-26-14-13-25(33-29(26)36)22-6-3-2-4-7-22/h2-15,20,31H,16-19H2,1H3,(H2,30,32). The zero-order chi connectivity index (χ0) is 24.5. The van der Waals surface area contributed by atoms with Crippen LogP contribution < -0.4 is 11.1 Å². The number of piperazine rings is 1. The molecule has 3 N–H and O–H groups in total. The van der Waals surface area contributed by atoms with Gasteiger partial charge >= 0.3 is 0 Å². The molecule has 6 rings (SSSR count). The largest absolute Gasteiger partial charge is 0.383 e. The average Bonchev–Trinajstić information content (AvgIpc) is 3.28. The smallest absolute Gasteiger partial charge is 0.165 e. The number of hydrogen-bond donors (Lipinski definition) is 2. The van der Waals surface area contributed by atoms with E-state index >= 15 is 0 Å². The summed E-state index contributed by atoms with van der Waals surface area (Å²) in [5.41, 5.74) is 12.9. The maximum Gasteiger partial charge on any atom is 0.165 e. The van der Waals surface area contributed by atoms with Gasteiger partial charge in [0.2, 0.25) is 0 Å². The first-order chi connectivity index (χ1) is 17.7. The third-order valence-corrected chi connectivity index (χ3v) is 6.71. The number of nitrogens with zero attached hydrogens (tertiary/aromatic N) is 5. The van der Waals surface area contributed by atoms with Crippen molar-refractivity contribution in [1.29, 1.82) is 0 Å². The second-order valence-corrected chi connectivity index (χ2v) is 9.37. The third kappa shape index (κ3) is 4.34. The Hall–Kier alpha value is -4.07.